The van der Waals surface area contributed by atoms with Gasteiger partial charge in [0, 0.05) is 62.1 Å². The molecule has 0 saturated heterocycles. The lowest BCUT2D eigenvalue weighted by molar-refractivity contribution is -0.122. The van der Waals surface area contributed by atoms with E-state index in [9.17, 15) is 14.0 Å². The molecule has 0 saturated carbocycles. The van der Waals surface area contributed by atoms with E-state index in [0.717, 1.165) is 5.56 Å². The molecule has 254 valence electrons. The highest BCUT2D eigenvalue weighted by Gasteiger charge is 2.20. The molecular weight excluding hydrogens is 624 g/mol. The van der Waals surface area contributed by atoms with Gasteiger partial charge in [-0.15, -0.1) is 0 Å². The summed E-state index contributed by atoms with van der Waals surface area (Å²) in [6.45, 7) is 2.78. The summed E-state index contributed by atoms with van der Waals surface area (Å²) in [5.74, 6) is -2.81. The molecule has 2 heterocycles. The number of hydrogen-bond acceptors (Lipinski definition) is 9. The quantitative estimate of drug-likeness (QED) is 0.0533. The van der Waals surface area contributed by atoms with E-state index in [0.29, 0.717) is 54.2 Å². The lowest BCUT2D eigenvalue weighted by Crippen LogP contribution is -2.44. The Morgan fingerprint density at radius 3 is 2.65 bits per heavy atom. The van der Waals surface area contributed by atoms with Crippen LogP contribution in [0.3, 0.4) is 0 Å². The number of benzene rings is 2. The van der Waals surface area contributed by atoms with Gasteiger partial charge in [0.25, 0.3) is 5.91 Å². The number of halogens is 2. The number of aryl methyl sites for hydroxylation is 1. The SMILES string of the molecule is CCc1cc(Nc2nccn3c(-c4ccc(OC/C=N/C)c(F)c4F)cnc23)ccc1C(=O)NCCNC(=O)[C@@H](N)CCCNC(=N)N. The maximum atomic E-state index is 15.1. The van der Waals surface area contributed by atoms with Gasteiger partial charge >= 0.3 is 0 Å². The first kappa shape index (κ1) is 35.2. The Morgan fingerprint density at radius 1 is 1.10 bits per heavy atom. The summed E-state index contributed by atoms with van der Waals surface area (Å²) in [6, 6.07) is 7.30. The fourth-order valence-corrected chi connectivity index (χ4v) is 4.84. The summed E-state index contributed by atoms with van der Waals surface area (Å²) in [6.07, 6.45) is 7.53. The first-order chi connectivity index (χ1) is 23.1. The Balaban J connectivity index is 1.39. The molecule has 0 aliphatic carbocycles. The number of imidazole rings is 1. The monoisotopic (exact) mass is 663 g/mol. The molecule has 9 N–H and O–H groups in total. The highest BCUT2D eigenvalue weighted by molar-refractivity contribution is 5.96. The highest BCUT2D eigenvalue weighted by atomic mass is 19.2. The zero-order valence-corrected chi connectivity index (χ0v) is 26.6. The Morgan fingerprint density at radius 2 is 1.90 bits per heavy atom. The maximum absolute atomic E-state index is 15.1. The molecule has 0 aliphatic rings. The predicted octanol–water partition coefficient (Wildman–Crippen LogP) is 2.50. The first-order valence-corrected chi connectivity index (χ1v) is 15.3. The van der Waals surface area contributed by atoms with E-state index in [1.54, 1.807) is 29.8 Å². The van der Waals surface area contributed by atoms with Gasteiger partial charge in [-0.3, -0.25) is 24.4 Å². The van der Waals surface area contributed by atoms with Gasteiger partial charge in [-0.1, -0.05) is 6.92 Å². The summed E-state index contributed by atoms with van der Waals surface area (Å²) >= 11 is 0. The molecular formula is C32H39F2N11O3. The zero-order valence-electron chi connectivity index (χ0n) is 26.6. The summed E-state index contributed by atoms with van der Waals surface area (Å²) in [4.78, 5) is 37.7. The van der Waals surface area contributed by atoms with Crippen LogP contribution in [0, 0.1) is 17.0 Å². The minimum absolute atomic E-state index is 0.00148. The summed E-state index contributed by atoms with van der Waals surface area (Å²) in [5.41, 5.74) is 13.7. The van der Waals surface area contributed by atoms with Gasteiger partial charge in [0.1, 0.15) is 6.61 Å². The minimum Gasteiger partial charge on any atom is -0.485 e. The molecule has 0 unspecified atom stereocenters. The van der Waals surface area contributed by atoms with E-state index in [1.807, 2.05) is 13.0 Å². The lowest BCUT2D eigenvalue weighted by atomic mass is 10.0. The molecule has 0 fully saturated rings. The average molecular weight is 664 g/mol. The van der Waals surface area contributed by atoms with E-state index < -0.39 is 17.7 Å². The smallest absolute Gasteiger partial charge is 0.251 e. The second-order valence-electron chi connectivity index (χ2n) is 10.6. The standard InChI is InChI=1S/C32H39F2N11O3/c1-3-19-17-20(6-7-21(19)30(46)40-11-12-41-31(47)23(35)5-4-10-42-32(36)37)44-28-29-43-18-24(45(29)15-13-39-28)22-8-9-25(27(34)26(22)33)48-16-14-38-2/h6-9,13-15,17-18,23H,3-5,10-12,16,35H2,1-2H3,(H,39,44)(H,40,46)(H,41,47)(H4,36,37,42)/b38-14+/t23-/m0/s1. The molecule has 16 heteroatoms. The van der Waals surface area contributed by atoms with Crippen LogP contribution in [0.5, 0.6) is 5.75 Å². The number of aromatic nitrogens is 3. The van der Waals surface area contributed by atoms with Crippen LogP contribution in [0.4, 0.5) is 20.3 Å². The van der Waals surface area contributed by atoms with Crippen LogP contribution >= 0.6 is 0 Å². The summed E-state index contributed by atoms with van der Waals surface area (Å²) < 4.78 is 36.7. The Hall–Kier alpha value is -5.64. The van der Waals surface area contributed by atoms with Gasteiger partial charge in [-0.05, 0) is 55.2 Å². The van der Waals surface area contributed by atoms with E-state index in [4.69, 9.17) is 21.6 Å². The molecule has 14 nitrogen and oxygen atoms in total. The van der Waals surface area contributed by atoms with Gasteiger partial charge in [-0.2, -0.15) is 4.39 Å². The number of fused-ring (bicyclic) bond motifs is 1. The molecule has 2 aromatic heterocycles. The predicted molar refractivity (Wildman–Crippen MR) is 180 cm³/mol. The first-order valence-electron chi connectivity index (χ1n) is 15.3. The number of rotatable bonds is 16. The van der Waals surface area contributed by atoms with Gasteiger partial charge in [0.15, 0.2) is 29.0 Å². The summed E-state index contributed by atoms with van der Waals surface area (Å²) in [5, 5.41) is 18.5. The number of guanidine groups is 1. The topological polar surface area (TPSA) is 210 Å². The Labute approximate surface area is 275 Å². The normalized spacial score (nSPS) is 11.8. The Bertz CT molecular complexity index is 1790. The molecule has 2 aromatic carbocycles. The van der Waals surface area contributed by atoms with Gasteiger partial charge in [0.2, 0.25) is 11.7 Å². The second kappa shape index (κ2) is 16.8. The van der Waals surface area contributed by atoms with Crippen molar-refractivity contribution in [3.05, 3.63) is 71.7 Å². The fourth-order valence-electron chi connectivity index (χ4n) is 4.84. The molecule has 4 rings (SSSR count). The van der Waals surface area contributed by atoms with Gasteiger partial charge < -0.3 is 37.5 Å². The van der Waals surface area contributed by atoms with Crippen molar-refractivity contribution in [3.8, 4) is 17.0 Å². The molecule has 0 bridgehead atoms. The van der Waals surface area contributed by atoms with Gasteiger partial charge in [-0.25, -0.2) is 14.4 Å². The van der Waals surface area contributed by atoms with Crippen LogP contribution in [0.15, 0.2) is 53.9 Å². The second-order valence-corrected chi connectivity index (χ2v) is 10.6. The molecule has 4 aromatic rings. The maximum Gasteiger partial charge on any atom is 0.251 e. The number of carbonyl (C=O) groups is 2. The van der Waals surface area contributed by atoms with Crippen LogP contribution in [-0.4, -0.2) is 77.7 Å². The number of nitrogens with zero attached hydrogens (tertiary/aromatic N) is 4. The molecule has 0 aliphatic heterocycles. The highest BCUT2D eigenvalue weighted by Crippen LogP contribution is 2.32. The molecule has 48 heavy (non-hydrogen) atoms. The van der Waals surface area contributed by atoms with E-state index >= 15 is 4.39 Å². The number of nitrogens with two attached hydrogens (primary N) is 2. The molecule has 1 atom stereocenters. The van der Waals surface area contributed by atoms with Crippen molar-refractivity contribution in [2.75, 3.05) is 38.6 Å². The largest absolute Gasteiger partial charge is 0.485 e. The third-order valence-electron chi connectivity index (χ3n) is 7.29. The van der Waals surface area contributed by atoms with Crippen LogP contribution in [0.25, 0.3) is 16.9 Å². The van der Waals surface area contributed by atoms with Crippen LogP contribution in [-0.2, 0) is 11.2 Å². The number of anilines is 2. The third kappa shape index (κ3) is 8.79. The van der Waals surface area contributed by atoms with E-state index in [-0.39, 0.29) is 48.8 Å². The van der Waals surface area contributed by atoms with Crippen molar-refractivity contribution in [2.24, 2.45) is 16.5 Å². The zero-order chi connectivity index (χ0) is 34.6. The van der Waals surface area contributed by atoms with Crippen molar-refractivity contribution < 1.29 is 23.1 Å². The van der Waals surface area contributed by atoms with Crippen molar-refractivity contribution in [3.63, 3.8) is 0 Å². The minimum atomic E-state index is -1.11. The van der Waals surface area contributed by atoms with Crippen molar-refractivity contribution >= 4 is 41.1 Å². The molecule has 0 spiro atoms. The third-order valence-corrected chi connectivity index (χ3v) is 7.29. The fraction of sp³-hybridized carbons (Fsp3) is 0.312. The Kier molecular flexibility index (Phi) is 12.3. The molecule has 0 radical (unpaired) electrons. The van der Waals surface area contributed by atoms with Crippen molar-refractivity contribution in [1.29, 1.82) is 5.41 Å². The van der Waals surface area contributed by atoms with Gasteiger partial charge in [0.05, 0.1) is 17.9 Å². The number of ether oxygens (including phenoxy) is 1. The summed E-state index contributed by atoms with van der Waals surface area (Å²) in [7, 11) is 1.55. The number of amides is 2. The van der Waals surface area contributed by atoms with Crippen LogP contribution in [0.2, 0.25) is 0 Å². The van der Waals surface area contributed by atoms with E-state index in [1.165, 1.54) is 30.7 Å². The van der Waals surface area contributed by atoms with Crippen molar-refractivity contribution in [2.45, 2.75) is 32.2 Å². The van der Waals surface area contributed by atoms with Crippen LogP contribution < -0.4 is 37.5 Å². The average Bonchev–Trinajstić information content (AvgIpc) is 3.51. The number of carbonyl (C=O) groups excluding carboxylic acids is 2. The number of nitrogens with one attached hydrogen (secondary N) is 5. The van der Waals surface area contributed by atoms with Crippen LogP contribution in [0.1, 0.15) is 35.7 Å². The van der Waals surface area contributed by atoms with Crippen molar-refractivity contribution in [1.82, 2.24) is 30.3 Å². The number of hydrogen-bond donors (Lipinski definition) is 7. The number of aliphatic imine (C=N–C) groups is 1. The lowest BCUT2D eigenvalue weighted by Gasteiger charge is -2.14. The van der Waals surface area contributed by atoms with E-state index in [2.05, 4.69) is 36.2 Å². The molecule has 2 amide bonds.